The fraction of sp³-hybridized carbons (Fsp3) is 0.333. The van der Waals surface area contributed by atoms with Gasteiger partial charge in [0.05, 0.1) is 12.2 Å². The van der Waals surface area contributed by atoms with Gasteiger partial charge >= 0.3 is 5.69 Å². The van der Waals surface area contributed by atoms with Crippen molar-refractivity contribution < 1.29 is 0 Å². The summed E-state index contributed by atoms with van der Waals surface area (Å²) in [4.78, 5) is 13.1. The quantitative estimate of drug-likeness (QED) is 0.475. The molecule has 0 spiro atoms. The second-order valence-corrected chi connectivity index (χ2v) is 8.75. The van der Waals surface area contributed by atoms with Gasteiger partial charge in [0.2, 0.25) is 0 Å². The maximum Gasteiger partial charge on any atom is 0.329 e. The van der Waals surface area contributed by atoms with Crippen LogP contribution in [0.2, 0.25) is 0 Å². The molecule has 0 unspecified atom stereocenters. The minimum atomic E-state index is -0.241. The van der Waals surface area contributed by atoms with Gasteiger partial charge in [-0.25, -0.2) is 4.79 Å². The molecule has 7 nitrogen and oxygen atoms in total. The normalized spacial score (nSPS) is 11.7. The van der Waals surface area contributed by atoms with Crippen LogP contribution >= 0.6 is 0 Å². The van der Waals surface area contributed by atoms with E-state index >= 15 is 0 Å². The molecule has 31 heavy (non-hydrogen) atoms. The van der Waals surface area contributed by atoms with E-state index in [4.69, 9.17) is 0 Å². The van der Waals surface area contributed by atoms with E-state index in [-0.39, 0.29) is 11.2 Å². The third kappa shape index (κ3) is 4.21. The van der Waals surface area contributed by atoms with Crippen molar-refractivity contribution in [3.8, 4) is 16.8 Å². The molecule has 0 N–H and O–H groups in total. The van der Waals surface area contributed by atoms with Crippen molar-refractivity contribution in [2.45, 2.75) is 52.6 Å². The van der Waals surface area contributed by atoms with Crippen molar-refractivity contribution in [1.29, 1.82) is 0 Å². The number of hydrogen-bond acceptors (Lipinski definition) is 4. The van der Waals surface area contributed by atoms with Gasteiger partial charge in [0, 0.05) is 23.0 Å². The van der Waals surface area contributed by atoms with Crippen molar-refractivity contribution in [1.82, 2.24) is 29.3 Å². The molecular weight excluding hydrogens is 388 g/mol. The second-order valence-electron chi connectivity index (χ2n) is 8.75. The van der Waals surface area contributed by atoms with Gasteiger partial charge < -0.3 is 0 Å². The Morgan fingerprint density at radius 1 is 1.00 bits per heavy atom. The molecule has 0 fully saturated rings. The molecular formula is C24H28N6O. The average molecular weight is 417 g/mol. The number of aromatic nitrogens is 6. The lowest BCUT2D eigenvalue weighted by molar-refractivity contribution is 0.380. The van der Waals surface area contributed by atoms with Crippen LogP contribution in [0.5, 0.6) is 0 Å². The fourth-order valence-electron chi connectivity index (χ4n) is 3.79. The summed E-state index contributed by atoms with van der Waals surface area (Å²) in [6, 6.07) is 16.4. The molecule has 160 valence electrons. The average Bonchev–Trinajstić information content (AvgIpc) is 3.39. The van der Waals surface area contributed by atoms with Crippen LogP contribution in [0, 0.1) is 0 Å². The van der Waals surface area contributed by atoms with Crippen molar-refractivity contribution in [2.75, 3.05) is 0 Å². The molecule has 2 aromatic carbocycles. The van der Waals surface area contributed by atoms with Crippen LogP contribution in [0.4, 0.5) is 0 Å². The van der Waals surface area contributed by atoms with Gasteiger partial charge in [0.15, 0.2) is 0 Å². The van der Waals surface area contributed by atoms with Crippen molar-refractivity contribution in [3.05, 3.63) is 82.8 Å². The Kier molecular flexibility index (Phi) is 5.59. The summed E-state index contributed by atoms with van der Waals surface area (Å²) >= 11 is 0. The fourth-order valence-corrected chi connectivity index (χ4v) is 3.79. The highest BCUT2D eigenvalue weighted by molar-refractivity contribution is 5.72. The highest BCUT2D eigenvalue weighted by atomic mass is 16.1. The largest absolute Gasteiger partial charge is 0.329 e. The van der Waals surface area contributed by atoms with Crippen LogP contribution in [0.15, 0.2) is 65.8 Å². The minimum Gasteiger partial charge on any atom is -0.294 e. The molecule has 0 atom stereocenters. The number of imidazole rings is 1. The number of aryl methyl sites for hydroxylation is 1. The Balaban J connectivity index is 1.66. The van der Waals surface area contributed by atoms with E-state index in [9.17, 15) is 4.79 Å². The Labute approximate surface area is 182 Å². The topological polar surface area (TPSA) is 70.5 Å². The number of benzene rings is 2. The van der Waals surface area contributed by atoms with Gasteiger partial charge in [-0.3, -0.25) is 9.13 Å². The number of hydrogen-bond donors (Lipinski definition) is 0. The summed E-state index contributed by atoms with van der Waals surface area (Å²) in [5, 5.41) is 11.5. The van der Waals surface area contributed by atoms with Gasteiger partial charge in [0.25, 0.3) is 0 Å². The predicted octanol–water partition coefficient (Wildman–Crippen LogP) is 4.05. The molecule has 4 aromatic rings. The summed E-state index contributed by atoms with van der Waals surface area (Å²) in [6.45, 7) is 8.88. The van der Waals surface area contributed by atoms with E-state index in [2.05, 4.69) is 73.6 Å². The smallest absolute Gasteiger partial charge is 0.294 e. The lowest BCUT2D eigenvalue weighted by Crippen LogP contribution is -2.34. The Bertz CT molecular complexity index is 1210. The standard InChI is InChI=1S/C24H28N6O/c1-5-8-20-16-29(24(2,3)4)23(31)28(20)15-18-11-13-19(14-12-18)21-9-6-7-10-22(21)30-17-25-26-27-30/h6-7,9-14,16-17H,5,8,15H2,1-4H3. The highest BCUT2D eigenvalue weighted by Gasteiger charge is 2.20. The van der Waals surface area contributed by atoms with E-state index in [1.807, 2.05) is 33.5 Å². The third-order valence-corrected chi connectivity index (χ3v) is 5.40. The maximum absolute atomic E-state index is 13.1. The van der Waals surface area contributed by atoms with E-state index in [1.165, 1.54) is 0 Å². The van der Waals surface area contributed by atoms with Crippen LogP contribution in [0.25, 0.3) is 16.8 Å². The van der Waals surface area contributed by atoms with Crippen LogP contribution in [-0.4, -0.2) is 29.3 Å². The van der Waals surface area contributed by atoms with Crippen LogP contribution in [0.3, 0.4) is 0 Å². The summed E-state index contributed by atoms with van der Waals surface area (Å²) in [5.74, 6) is 0. The van der Waals surface area contributed by atoms with Gasteiger partial charge in [-0.1, -0.05) is 55.8 Å². The second kappa shape index (κ2) is 8.34. The van der Waals surface area contributed by atoms with Gasteiger partial charge in [-0.15, -0.1) is 5.10 Å². The molecule has 0 saturated carbocycles. The molecule has 0 aliphatic carbocycles. The van der Waals surface area contributed by atoms with Crippen molar-refractivity contribution in [2.24, 2.45) is 0 Å². The van der Waals surface area contributed by atoms with E-state index < -0.39 is 0 Å². The third-order valence-electron chi connectivity index (χ3n) is 5.40. The van der Waals surface area contributed by atoms with Gasteiger partial charge in [0.1, 0.15) is 6.33 Å². The molecule has 4 rings (SSSR count). The predicted molar refractivity (Wildman–Crippen MR) is 121 cm³/mol. The van der Waals surface area contributed by atoms with Crippen LogP contribution in [0.1, 0.15) is 45.4 Å². The van der Waals surface area contributed by atoms with E-state index in [1.54, 1.807) is 11.0 Å². The Morgan fingerprint density at radius 2 is 1.74 bits per heavy atom. The zero-order valence-electron chi connectivity index (χ0n) is 18.5. The van der Waals surface area contributed by atoms with Gasteiger partial charge in [-0.2, -0.15) is 4.68 Å². The number of para-hydroxylation sites is 1. The molecule has 7 heteroatoms. The Hall–Kier alpha value is -3.48. The number of tetrazole rings is 1. The maximum atomic E-state index is 13.1. The summed E-state index contributed by atoms with van der Waals surface area (Å²) < 4.78 is 5.41. The minimum absolute atomic E-state index is 0.0454. The first kappa shape index (κ1) is 20.8. The monoisotopic (exact) mass is 416 g/mol. The molecule has 0 aliphatic heterocycles. The molecule has 2 heterocycles. The number of rotatable bonds is 6. The van der Waals surface area contributed by atoms with Gasteiger partial charge in [-0.05, 0) is 54.8 Å². The van der Waals surface area contributed by atoms with E-state index in [0.29, 0.717) is 6.54 Å². The van der Waals surface area contributed by atoms with Crippen LogP contribution in [-0.2, 0) is 18.5 Å². The molecule has 0 bridgehead atoms. The van der Waals surface area contributed by atoms with Crippen LogP contribution < -0.4 is 5.69 Å². The molecule has 0 aliphatic rings. The lowest BCUT2D eigenvalue weighted by atomic mass is 10.0. The SMILES string of the molecule is CCCc1cn(C(C)(C)C)c(=O)n1Cc1ccc(-c2ccccc2-n2cnnn2)cc1. The van der Waals surface area contributed by atoms with Crippen molar-refractivity contribution >= 4 is 0 Å². The molecule has 0 saturated heterocycles. The Morgan fingerprint density at radius 3 is 2.39 bits per heavy atom. The first-order chi connectivity index (χ1) is 14.9. The number of nitrogens with zero attached hydrogens (tertiary/aromatic N) is 6. The summed E-state index contributed by atoms with van der Waals surface area (Å²) in [7, 11) is 0. The van der Waals surface area contributed by atoms with E-state index in [0.717, 1.165) is 40.9 Å². The highest BCUT2D eigenvalue weighted by Crippen LogP contribution is 2.26. The summed E-state index contributed by atoms with van der Waals surface area (Å²) in [6.07, 6.45) is 5.49. The summed E-state index contributed by atoms with van der Waals surface area (Å²) in [5.41, 5.74) is 5.01. The molecule has 2 aromatic heterocycles. The molecule has 0 amide bonds. The zero-order valence-corrected chi connectivity index (χ0v) is 18.5. The zero-order chi connectivity index (χ0) is 22.0. The lowest BCUT2D eigenvalue weighted by Gasteiger charge is -2.19. The van der Waals surface area contributed by atoms with Crippen molar-refractivity contribution in [3.63, 3.8) is 0 Å². The first-order valence-electron chi connectivity index (χ1n) is 10.6. The first-order valence-corrected chi connectivity index (χ1v) is 10.6. The molecule has 0 radical (unpaired) electrons.